The van der Waals surface area contributed by atoms with E-state index in [4.69, 9.17) is 0 Å². The van der Waals surface area contributed by atoms with Crippen LogP contribution in [0.25, 0.3) is 0 Å². The van der Waals surface area contributed by atoms with Crippen LogP contribution >= 0.6 is 0 Å². The Bertz CT molecular complexity index is 252. The fraction of sp³-hybridized carbons (Fsp3) is 0.846. The molecule has 0 amide bonds. The van der Waals surface area contributed by atoms with Crippen molar-refractivity contribution in [3.8, 4) is 0 Å². The molecule has 2 rings (SSSR count). The van der Waals surface area contributed by atoms with Gasteiger partial charge in [0.2, 0.25) is 0 Å². The number of rotatable bonds is 0. The molecule has 1 N–H and O–H groups in total. The van der Waals surface area contributed by atoms with Crippen molar-refractivity contribution in [2.45, 2.75) is 64.4 Å². The fourth-order valence-electron chi connectivity index (χ4n) is 3.43. The van der Waals surface area contributed by atoms with E-state index in [0.29, 0.717) is 0 Å². The van der Waals surface area contributed by atoms with Crippen molar-refractivity contribution in [1.29, 1.82) is 0 Å². The average molecular weight is 194 g/mol. The first kappa shape index (κ1) is 10.2. The fourth-order valence-corrected chi connectivity index (χ4v) is 3.43. The Morgan fingerprint density at radius 3 is 2.57 bits per heavy atom. The maximum absolute atomic E-state index is 10.5. The molecule has 2 aliphatic rings. The lowest BCUT2D eigenvalue weighted by molar-refractivity contribution is -0.107. The summed E-state index contributed by atoms with van der Waals surface area (Å²) >= 11 is 0. The van der Waals surface area contributed by atoms with E-state index in [-0.39, 0.29) is 5.41 Å². The Hall–Kier alpha value is -0.300. The van der Waals surface area contributed by atoms with Crippen molar-refractivity contribution in [2.75, 3.05) is 0 Å². The summed E-state index contributed by atoms with van der Waals surface area (Å²) in [6, 6.07) is 0. The van der Waals surface area contributed by atoms with Crippen LogP contribution in [-0.4, -0.2) is 10.7 Å². The number of aliphatic hydroxyl groups is 1. The van der Waals surface area contributed by atoms with Gasteiger partial charge in [0.1, 0.15) is 0 Å². The van der Waals surface area contributed by atoms with Crippen molar-refractivity contribution in [3.05, 3.63) is 11.6 Å². The SMILES string of the molecule is CC1=CCCC2(CCCCC2(C)O)C1. The van der Waals surface area contributed by atoms with Crippen LogP contribution in [0.15, 0.2) is 11.6 Å². The third kappa shape index (κ3) is 1.52. The second-order valence-corrected chi connectivity index (χ2v) is 5.53. The van der Waals surface area contributed by atoms with Crippen molar-refractivity contribution >= 4 is 0 Å². The minimum atomic E-state index is -0.416. The van der Waals surface area contributed by atoms with Crippen LogP contribution in [0.2, 0.25) is 0 Å². The molecule has 2 atom stereocenters. The summed E-state index contributed by atoms with van der Waals surface area (Å²) in [6.07, 6.45) is 10.6. The summed E-state index contributed by atoms with van der Waals surface area (Å²) in [5.74, 6) is 0. The molecule has 14 heavy (non-hydrogen) atoms. The smallest absolute Gasteiger partial charge is 0.0678 e. The van der Waals surface area contributed by atoms with Gasteiger partial charge in [-0.1, -0.05) is 24.5 Å². The third-order valence-corrected chi connectivity index (χ3v) is 4.44. The lowest BCUT2D eigenvalue weighted by Crippen LogP contribution is -2.49. The molecule has 1 spiro atoms. The van der Waals surface area contributed by atoms with E-state index in [1.807, 2.05) is 0 Å². The molecule has 0 radical (unpaired) electrons. The highest BCUT2D eigenvalue weighted by atomic mass is 16.3. The summed E-state index contributed by atoms with van der Waals surface area (Å²) in [5.41, 5.74) is 1.28. The number of hydrogen-bond acceptors (Lipinski definition) is 1. The monoisotopic (exact) mass is 194 g/mol. The Morgan fingerprint density at radius 1 is 1.21 bits per heavy atom. The van der Waals surface area contributed by atoms with E-state index in [2.05, 4.69) is 19.9 Å². The molecule has 2 unspecified atom stereocenters. The zero-order chi connectivity index (χ0) is 10.2. The first-order chi connectivity index (χ1) is 6.56. The van der Waals surface area contributed by atoms with E-state index in [1.165, 1.54) is 37.7 Å². The van der Waals surface area contributed by atoms with Crippen LogP contribution in [0.1, 0.15) is 58.8 Å². The summed E-state index contributed by atoms with van der Waals surface area (Å²) in [5, 5.41) is 10.5. The van der Waals surface area contributed by atoms with Crippen LogP contribution in [0.5, 0.6) is 0 Å². The second kappa shape index (κ2) is 3.37. The van der Waals surface area contributed by atoms with Gasteiger partial charge in [-0.05, 0) is 46.0 Å². The van der Waals surface area contributed by atoms with Gasteiger partial charge < -0.3 is 5.11 Å². The van der Waals surface area contributed by atoms with E-state index >= 15 is 0 Å². The van der Waals surface area contributed by atoms with E-state index in [1.54, 1.807) is 0 Å². The maximum Gasteiger partial charge on any atom is 0.0678 e. The lowest BCUT2D eigenvalue weighted by Gasteiger charge is -2.51. The van der Waals surface area contributed by atoms with Crippen LogP contribution in [0.3, 0.4) is 0 Å². The average Bonchev–Trinajstić information content (AvgIpc) is 2.11. The zero-order valence-electron chi connectivity index (χ0n) is 9.47. The van der Waals surface area contributed by atoms with Gasteiger partial charge in [0.05, 0.1) is 5.60 Å². The van der Waals surface area contributed by atoms with Crippen LogP contribution < -0.4 is 0 Å². The van der Waals surface area contributed by atoms with Crippen molar-refractivity contribution in [2.24, 2.45) is 5.41 Å². The molecule has 0 aromatic heterocycles. The summed E-state index contributed by atoms with van der Waals surface area (Å²) in [7, 11) is 0. The standard InChI is InChI=1S/C13H22O/c1-11-6-5-9-13(10-11)8-4-3-7-12(13,2)14/h6,14H,3-5,7-10H2,1-2H3. The Morgan fingerprint density at radius 2 is 1.93 bits per heavy atom. The normalized spacial score (nSPS) is 43.8. The summed E-state index contributed by atoms with van der Waals surface area (Å²) in [4.78, 5) is 0. The van der Waals surface area contributed by atoms with Crippen LogP contribution in [0, 0.1) is 5.41 Å². The quantitative estimate of drug-likeness (QED) is 0.586. The Labute approximate surface area is 87.2 Å². The predicted molar refractivity (Wildman–Crippen MR) is 59.1 cm³/mol. The zero-order valence-corrected chi connectivity index (χ0v) is 9.47. The molecule has 1 nitrogen and oxygen atoms in total. The van der Waals surface area contributed by atoms with Crippen LogP contribution in [-0.2, 0) is 0 Å². The van der Waals surface area contributed by atoms with Gasteiger partial charge in [-0.25, -0.2) is 0 Å². The highest BCUT2D eigenvalue weighted by molar-refractivity contribution is 5.13. The molecular formula is C13H22O. The number of allylic oxidation sites excluding steroid dienone is 2. The molecule has 0 aliphatic heterocycles. The first-order valence-electron chi connectivity index (χ1n) is 5.94. The Kier molecular flexibility index (Phi) is 2.46. The lowest BCUT2D eigenvalue weighted by atomic mass is 9.57. The van der Waals surface area contributed by atoms with Gasteiger partial charge >= 0.3 is 0 Å². The predicted octanol–water partition coefficient (Wildman–Crippen LogP) is 3.43. The molecule has 2 aliphatic carbocycles. The summed E-state index contributed by atoms with van der Waals surface area (Å²) < 4.78 is 0. The summed E-state index contributed by atoms with van der Waals surface area (Å²) in [6.45, 7) is 4.27. The van der Waals surface area contributed by atoms with E-state index in [9.17, 15) is 5.11 Å². The first-order valence-corrected chi connectivity index (χ1v) is 5.94. The largest absolute Gasteiger partial charge is 0.390 e. The van der Waals surface area contributed by atoms with Gasteiger partial charge in [-0.2, -0.15) is 0 Å². The van der Waals surface area contributed by atoms with Gasteiger partial charge in [0.15, 0.2) is 0 Å². The number of hydrogen-bond donors (Lipinski definition) is 1. The molecule has 1 heteroatoms. The molecule has 0 aromatic rings. The molecule has 0 aromatic carbocycles. The molecule has 1 fully saturated rings. The molecule has 80 valence electrons. The second-order valence-electron chi connectivity index (χ2n) is 5.53. The van der Waals surface area contributed by atoms with Gasteiger partial charge in [0.25, 0.3) is 0 Å². The molecule has 1 saturated carbocycles. The Balaban J connectivity index is 2.24. The van der Waals surface area contributed by atoms with E-state index < -0.39 is 5.60 Å². The van der Waals surface area contributed by atoms with Gasteiger partial charge in [-0.3, -0.25) is 0 Å². The maximum atomic E-state index is 10.5. The highest BCUT2D eigenvalue weighted by Crippen LogP contribution is 2.52. The van der Waals surface area contributed by atoms with Gasteiger partial charge in [0, 0.05) is 5.41 Å². The minimum Gasteiger partial charge on any atom is -0.390 e. The third-order valence-electron chi connectivity index (χ3n) is 4.44. The molecule has 0 bridgehead atoms. The molecular weight excluding hydrogens is 172 g/mol. The molecule has 0 saturated heterocycles. The highest BCUT2D eigenvalue weighted by Gasteiger charge is 2.48. The van der Waals surface area contributed by atoms with Crippen molar-refractivity contribution in [1.82, 2.24) is 0 Å². The van der Waals surface area contributed by atoms with Crippen LogP contribution in [0.4, 0.5) is 0 Å². The topological polar surface area (TPSA) is 20.2 Å². The molecule has 0 heterocycles. The van der Waals surface area contributed by atoms with Crippen molar-refractivity contribution < 1.29 is 5.11 Å². The minimum absolute atomic E-state index is 0.212. The van der Waals surface area contributed by atoms with Gasteiger partial charge in [-0.15, -0.1) is 0 Å². The van der Waals surface area contributed by atoms with Crippen molar-refractivity contribution in [3.63, 3.8) is 0 Å². The van der Waals surface area contributed by atoms with E-state index in [0.717, 1.165) is 12.8 Å².